The highest BCUT2D eigenvalue weighted by molar-refractivity contribution is 6.74. The summed E-state index contributed by atoms with van der Waals surface area (Å²) in [5.74, 6) is -0.745. The van der Waals surface area contributed by atoms with Crippen LogP contribution in [0.15, 0.2) is 0 Å². The number of amides is 1. The topological polar surface area (TPSA) is 64.6 Å². The Kier molecular flexibility index (Phi) is 3.99. The average molecular weight is 313 g/mol. The fourth-order valence-corrected chi connectivity index (χ4v) is 4.55. The van der Waals surface area contributed by atoms with Crippen molar-refractivity contribution in [3.05, 3.63) is 0 Å². The molecule has 0 unspecified atom stereocenters. The molecule has 3 fully saturated rings. The van der Waals surface area contributed by atoms with E-state index in [0.717, 1.165) is 6.42 Å². The predicted molar refractivity (Wildman–Crippen MR) is 82.0 cm³/mol. The Morgan fingerprint density at radius 2 is 2.00 bits per heavy atom. The molecule has 0 radical (unpaired) electrons. The molecule has 1 amide bonds. The predicted octanol–water partition coefficient (Wildman–Crippen LogP) is 2.42. The molecule has 2 saturated heterocycles. The molecule has 1 saturated carbocycles. The summed E-state index contributed by atoms with van der Waals surface area (Å²) in [5.41, 5.74) is -0.873. The molecular formula is C15H27NO4Si. The smallest absolute Gasteiger partial charge is 0.313 e. The van der Waals surface area contributed by atoms with E-state index in [0.29, 0.717) is 12.8 Å². The van der Waals surface area contributed by atoms with Crippen LogP contribution in [0.2, 0.25) is 18.1 Å². The Labute approximate surface area is 127 Å². The van der Waals surface area contributed by atoms with Crippen LogP contribution in [0.5, 0.6) is 0 Å². The Morgan fingerprint density at radius 1 is 1.38 bits per heavy atom. The van der Waals surface area contributed by atoms with E-state index in [1.165, 1.54) is 7.11 Å². The number of hydrogen-bond donors (Lipinski definition) is 1. The first kappa shape index (κ1) is 16.5. The minimum absolute atomic E-state index is 0.0140. The molecule has 120 valence electrons. The fourth-order valence-electron chi connectivity index (χ4n) is 3.04. The van der Waals surface area contributed by atoms with Crippen LogP contribution in [-0.4, -0.2) is 33.0 Å². The van der Waals surface area contributed by atoms with Gasteiger partial charge in [-0.05, 0) is 37.4 Å². The minimum Gasteiger partial charge on any atom is -0.469 e. The second-order valence-electron chi connectivity index (χ2n) is 7.79. The number of carbonyl (C=O) groups excluding carboxylic acids is 2. The van der Waals surface area contributed by atoms with E-state index in [1.54, 1.807) is 0 Å². The van der Waals surface area contributed by atoms with Gasteiger partial charge in [0, 0.05) is 5.92 Å². The maximum Gasteiger partial charge on any atom is 0.313 e. The quantitative estimate of drug-likeness (QED) is 0.642. The summed E-state index contributed by atoms with van der Waals surface area (Å²) in [6.07, 6.45) is 2.01. The van der Waals surface area contributed by atoms with Crippen LogP contribution >= 0.6 is 0 Å². The zero-order valence-electron chi connectivity index (χ0n) is 13.9. The summed E-state index contributed by atoms with van der Waals surface area (Å²) in [6.45, 7) is 10.7. The maximum atomic E-state index is 12.2. The molecule has 21 heavy (non-hydrogen) atoms. The highest BCUT2D eigenvalue weighted by atomic mass is 28.4. The second kappa shape index (κ2) is 5.09. The molecule has 3 aliphatic rings. The monoisotopic (exact) mass is 313 g/mol. The number of fused-ring (bicyclic) bond motifs is 3. The second-order valence-corrected chi connectivity index (χ2v) is 12.5. The lowest BCUT2D eigenvalue weighted by atomic mass is 9.71. The van der Waals surface area contributed by atoms with Crippen molar-refractivity contribution >= 4 is 20.2 Å². The zero-order valence-corrected chi connectivity index (χ0v) is 14.9. The first-order valence-corrected chi connectivity index (χ1v) is 10.5. The van der Waals surface area contributed by atoms with E-state index in [9.17, 15) is 9.59 Å². The van der Waals surface area contributed by atoms with Gasteiger partial charge in [-0.15, -0.1) is 0 Å². The highest BCUT2D eigenvalue weighted by Gasteiger charge is 2.58. The van der Waals surface area contributed by atoms with Crippen LogP contribution in [0, 0.1) is 11.8 Å². The molecule has 1 aliphatic carbocycles. The van der Waals surface area contributed by atoms with Crippen LogP contribution < -0.4 is 5.32 Å². The standard InChI is InChI=1S/C15H27NO4Si/c1-14(2,3)21(5,6)20-15-8-7-10(12(17)16-15)9-11(15)13(18)19-4/h10-11H,7-9H2,1-6H3,(H,16,17)/t10-,11-,15-/m0/s1. The zero-order chi connectivity index (χ0) is 16.1. The van der Waals surface area contributed by atoms with Gasteiger partial charge >= 0.3 is 5.97 Å². The lowest BCUT2D eigenvalue weighted by Crippen LogP contribution is -2.70. The van der Waals surface area contributed by atoms with Crippen molar-refractivity contribution in [1.29, 1.82) is 0 Å². The Hall–Kier alpha value is -0.883. The summed E-state index contributed by atoms with van der Waals surface area (Å²) in [4.78, 5) is 24.3. The highest BCUT2D eigenvalue weighted by Crippen LogP contribution is 2.48. The van der Waals surface area contributed by atoms with Crippen LogP contribution in [0.1, 0.15) is 40.0 Å². The van der Waals surface area contributed by atoms with E-state index >= 15 is 0 Å². The van der Waals surface area contributed by atoms with Gasteiger partial charge in [-0.2, -0.15) is 0 Å². The number of piperidine rings is 2. The third-order valence-electron chi connectivity index (χ3n) is 5.38. The van der Waals surface area contributed by atoms with Crippen molar-refractivity contribution in [2.24, 2.45) is 11.8 Å². The van der Waals surface area contributed by atoms with Crippen molar-refractivity contribution in [3.8, 4) is 0 Å². The van der Waals surface area contributed by atoms with E-state index in [1.807, 2.05) is 0 Å². The van der Waals surface area contributed by atoms with E-state index in [-0.39, 0.29) is 22.8 Å². The summed E-state index contributed by atoms with van der Waals surface area (Å²) in [6, 6.07) is 0. The van der Waals surface area contributed by atoms with Gasteiger partial charge in [0.2, 0.25) is 5.91 Å². The molecule has 0 spiro atoms. The van der Waals surface area contributed by atoms with Crippen molar-refractivity contribution in [3.63, 3.8) is 0 Å². The van der Waals surface area contributed by atoms with Gasteiger partial charge in [-0.3, -0.25) is 9.59 Å². The molecule has 0 aromatic rings. The molecular weight excluding hydrogens is 286 g/mol. The number of rotatable bonds is 3. The minimum atomic E-state index is -2.11. The molecule has 1 N–H and O–H groups in total. The normalized spacial score (nSPS) is 32.8. The van der Waals surface area contributed by atoms with E-state index in [4.69, 9.17) is 9.16 Å². The van der Waals surface area contributed by atoms with Crippen molar-refractivity contribution in [2.45, 2.75) is 63.9 Å². The van der Waals surface area contributed by atoms with Crippen LogP contribution in [0.4, 0.5) is 0 Å². The third-order valence-corrected chi connectivity index (χ3v) is 9.87. The van der Waals surface area contributed by atoms with Gasteiger partial charge in [0.15, 0.2) is 8.32 Å². The first-order chi connectivity index (χ1) is 9.52. The molecule has 0 aromatic carbocycles. The number of nitrogens with one attached hydrogen (secondary N) is 1. The maximum absolute atomic E-state index is 12.2. The average Bonchev–Trinajstić information content (AvgIpc) is 2.35. The lowest BCUT2D eigenvalue weighted by molar-refractivity contribution is -0.177. The van der Waals surface area contributed by atoms with E-state index in [2.05, 4.69) is 39.2 Å². The summed E-state index contributed by atoms with van der Waals surface area (Å²) in [7, 11) is -0.718. The van der Waals surface area contributed by atoms with Crippen molar-refractivity contribution < 1.29 is 18.8 Å². The Bertz CT molecular complexity index is 457. The van der Waals surface area contributed by atoms with Crippen molar-refractivity contribution in [1.82, 2.24) is 5.32 Å². The number of carbonyl (C=O) groups is 2. The van der Waals surface area contributed by atoms with Crippen molar-refractivity contribution in [2.75, 3.05) is 7.11 Å². The van der Waals surface area contributed by atoms with Gasteiger partial charge in [0.1, 0.15) is 11.6 Å². The molecule has 2 bridgehead atoms. The van der Waals surface area contributed by atoms with Gasteiger partial charge in [0.25, 0.3) is 0 Å². The first-order valence-electron chi connectivity index (χ1n) is 7.62. The number of ether oxygens (including phenoxy) is 1. The van der Waals surface area contributed by atoms with Crippen LogP contribution in [-0.2, 0) is 18.8 Å². The molecule has 3 atom stereocenters. The van der Waals surface area contributed by atoms with Gasteiger partial charge < -0.3 is 14.5 Å². The summed E-state index contributed by atoms with van der Waals surface area (Å²) in [5, 5.41) is 3.01. The molecule has 0 aromatic heterocycles. The molecule has 5 nitrogen and oxygen atoms in total. The molecule has 6 heteroatoms. The van der Waals surface area contributed by atoms with Gasteiger partial charge in [-0.1, -0.05) is 20.8 Å². The van der Waals surface area contributed by atoms with Gasteiger partial charge in [0.05, 0.1) is 7.11 Å². The Balaban J connectivity index is 2.34. The fraction of sp³-hybridized carbons (Fsp3) is 0.867. The molecule has 2 heterocycles. The summed E-state index contributed by atoms with van der Waals surface area (Å²) >= 11 is 0. The van der Waals surface area contributed by atoms with E-state index < -0.39 is 20.0 Å². The summed E-state index contributed by atoms with van der Waals surface area (Å²) < 4.78 is 11.5. The molecule has 3 rings (SSSR count). The number of hydrogen-bond acceptors (Lipinski definition) is 4. The van der Waals surface area contributed by atoms with Gasteiger partial charge in [-0.25, -0.2) is 0 Å². The SMILES string of the molecule is COC(=O)[C@@H]1C[C@@H]2CC[C@@]1(O[Si](C)(C)C(C)(C)C)NC2=O. The number of methoxy groups -OCH3 is 1. The largest absolute Gasteiger partial charge is 0.469 e. The molecule has 2 aliphatic heterocycles. The van der Waals surface area contributed by atoms with Crippen LogP contribution in [0.3, 0.4) is 0 Å². The number of esters is 1. The Morgan fingerprint density at radius 3 is 2.48 bits per heavy atom. The van der Waals surface area contributed by atoms with Crippen LogP contribution in [0.25, 0.3) is 0 Å². The third kappa shape index (κ3) is 2.75. The lowest BCUT2D eigenvalue weighted by Gasteiger charge is -2.54.